The van der Waals surface area contributed by atoms with Gasteiger partial charge in [0.2, 0.25) is 5.91 Å². The molecule has 0 heterocycles. The Morgan fingerprint density at radius 3 is 2.62 bits per heavy atom. The molecule has 1 rings (SSSR count). The van der Waals surface area contributed by atoms with Crippen molar-refractivity contribution in [2.45, 2.75) is 13.3 Å². The third-order valence-electron chi connectivity index (χ3n) is 1.77. The second-order valence-corrected chi connectivity index (χ2v) is 3.52. The SMILES string of the molecule is CCOC(=N)CC(=O)Nc1ccc(Cl)cc1. The third-order valence-corrected chi connectivity index (χ3v) is 2.02. The van der Waals surface area contributed by atoms with Crippen LogP contribution in [0.4, 0.5) is 5.69 Å². The van der Waals surface area contributed by atoms with Crippen molar-refractivity contribution in [2.75, 3.05) is 11.9 Å². The fourth-order valence-electron chi connectivity index (χ4n) is 1.11. The predicted molar refractivity (Wildman–Crippen MR) is 64.1 cm³/mol. The van der Waals surface area contributed by atoms with Gasteiger partial charge in [0.15, 0.2) is 5.90 Å². The van der Waals surface area contributed by atoms with Crippen molar-refractivity contribution in [2.24, 2.45) is 0 Å². The number of carbonyl (C=O) groups is 1. The molecule has 0 fully saturated rings. The summed E-state index contributed by atoms with van der Waals surface area (Å²) >= 11 is 5.71. The minimum atomic E-state index is -0.277. The van der Waals surface area contributed by atoms with E-state index in [4.69, 9.17) is 21.7 Å². The molecule has 2 N–H and O–H groups in total. The van der Waals surface area contributed by atoms with Crippen LogP contribution in [-0.4, -0.2) is 18.4 Å². The molecule has 86 valence electrons. The number of amides is 1. The van der Waals surface area contributed by atoms with E-state index in [2.05, 4.69) is 5.32 Å². The highest BCUT2D eigenvalue weighted by Crippen LogP contribution is 2.13. The van der Waals surface area contributed by atoms with Gasteiger partial charge in [0.05, 0.1) is 6.61 Å². The number of nitrogens with one attached hydrogen (secondary N) is 2. The molecule has 0 saturated heterocycles. The molecule has 16 heavy (non-hydrogen) atoms. The molecular formula is C11H13ClN2O2. The maximum Gasteiger partial charge on any atom is 0.233 e. The van der Waals surface area contributed by atoms with Crippen LogP contribution in [0.3, 0.4) is 0 Å². The summed E-state index contributed by atoms with van der Waals surface area (Å²) in [6, 6.07) is 6.77. The van der Waals surface area contributed by atoms with Crippen molar-refractivity contribution in [3.63, 3.8) is 0 Å². The molecule has 0 unspecified atom stereocenters. The largest absolute Gasteiger partial charge is 0.481 e. The summed E-state index contributed by atoms with van der Waals surface area (Å²) in [6.45, 7) is 2.17. The number of ether oxygens (including phenoxy) is 1. The summed E-state index contributed by atoms with van der Waals surface area (Å²) in [5.41, 5.74) is 0.652. The van der Waals surface area contributed by atoms with Gasteiger partial charge in [-0.3, -0.25) is 10.2 Å². The maximum absolute atomic E-state index is 11.4. The van der Waals surface area contributed by atoms with E-state index in [0.717, 1.165) is 0 Å². The molecule has 0 radical (unpaired) electrons. The molecule has 1 aromatic carbocycles. The minimum absolute atomic E-state index is 0.0334. The van der Waals surface area contributed by atoms with E-state index in [1.165, 1.54) is 0 Å². The highest BCUT2D eigenvalue weighted by Gasteiger charge is 2.06. The van der Waals surface area contributed by atoms with Gasteiger partial charge in [-0.2, -0.15) is 0 Å². The van der Waals surface area contributed by atoms with Gasteiger partial charge >= 0.3 is 0 Å². The molecule has 5 heteroatoms. The van der Waals surface area contributed by atoms with Gasteiger partial charge in [0.25, 0.3) is 0 Å². The number of rotatable bonds is 4. The van der Waals surface area contributed by atoms with Gasteiger partial charge < -0.3 is 10.1 Å². The quantitative estimate of drug-likeness (QED) is 0.628. The Morgan fingerprint density at radius 1 is 1.44 bits per heavy atom. The minimum Gasteiger partial charge on any atom is -0.481 e. The summed E-state index contributed by atoms with van der Waals surface area (Å²) < 4.78 is 4.87. The van der Waals surface area contributed by atoms with Crippen molar-refractivity contribution in [1.29, 1.82) is 5.41 Å². The Balaban J connectivity index is 2.45. The first-order chi connectivity index (χ1) is 7.61. The lowest BCUT2D eigenvalue weighted by Gasteiger charge is -2.06. The first-order valence-corrected chi connectivity index (χ1v) is 5.25. The fraction of sp³-hybridized carbons (Fsp3) is 0.273. The molecule has 0 aliphatic heterocycles. The standard InChI is InChI=1S/C11H13ClN2O2/c1-2-16-10(13)7-11(15)14-9-5-3-8(12)4-6-9/h3-6,13H,2,7H2,1H3,(H,14,15). The molecule has 0 spiro atoms. The van der Waals surface area contributed by atoms with Gasteiger partial charge in [-0.25, -0.2) is 0 Å². The van der Waals surface area contributed by atoms with Crippen molar-refractivity contribution in [3.8, 4) is 0 Å². The smallest absolute Gasteiger partial charge is 0.233 e. The molecular weight excluding hydrogens is 228 g/mol. The molecule has 0 bridgehead atoms. The summed E-state index contributed by atoms with van der Waals surface area (Å²) in [5, 5.41) is 10.6. The number of hydrogen-bond acceptors (Lipinski definition) is 3. The van der Waals surface area contributed by atoms with Gasteiger partial charge in [-0.15, -0.1) is 0 Å². The zero-order chi connectivity index (χ0) is 12.0. The van der Waals surface area contributed by atoms with Crippen LogP contribution in [-0.2, 0) is 9.53 Å². The second-order valence-electron chi connectivity index (χ2n) is 3.09. The van der Waals surface area contributed by atoms with Gasteiger partial charge in [-0.1, -0.05) is 11.6 Å². The average Bonchev–Trinajstić information content (AvgIpc) is 2.21. The maximum atomic E-state index is 11.4. The lowest BCUT2D eigenvalue weighted by Crippen LogP contribution is -2.17. The van der Waals surface area contributed by atoms with Crippen molar-refractivity contribution in [1.82, 2.24) is 0 Å². The molecule has 0 atom stereocenters. The van der Waals surface area contributed by atoms with E-state index in [0.29, 0.717) is 17.3 Å². The molecule has 0 aromatic heterocycles. The van der Waals surface area contributed by atoms with E-state index in [1.807, 2.05) is 0 Å². The normalized spacial score (nSPS) is 9.62. The number of anilines is 1. The van der Waals surface area contributed by atoms with E-state index in [9.17, 15) is 4.79 Å². The zero-order valence-corrected chi connectivity index (χ0v) is 9.67. The Kier molecular flexibility index (Phi) is 4.79. The lowest BCUT2D eigenvalue weighted by atomic mass is 10.3. The fourth-order valence-corrected chi connectivity index (χ4v) is 1.24. The predicted octanol–water partition coefficient (Wildman–Crippen LogP) is 2.68. The van der Waals surface area contributed by atoms with Crippen LogP contribution in [0.5, 0.6) is 0 Å². The molecule has 0 saturated carbocycles. The van der Waals surface area contributed by atoms with Crippen molar-refractivity contribution >= 4 is 29.1 Å². The average molecular weight is 241 g/mol. The van der Waals surface area contributed by atoms with E-state index >= 15 is 0 Å². The highest BCUT2D eigenvalue weighted by atomic mass is 35.5. The van der Waals surface area contributed by atoms with E-state index < -0.39 is 0 Å². The van der Waals surface area contributed by atoms with Crippen LogP contribution in [0.1, 0.15) is 13.3 Å². The highest BCUT2D eigenvalue weighted by molar-refractivity contribution is 6.30. The topological polar surface area (TPSA) is 62.2 Å². The van der Waals surface area contributed by atoms with Gasteiger partial charge in [0, 0.05) is 10.7 Å². The van der Waals surface area contributed by atoms with E-state index in [-0.39, 0.29) is 18.2 Å². The number of carbonyl (C=O) groups excluding carboxylic acids is 1. The molecule has 1 aromatic rings. The number of benzene rings is 1. The molecule has 0 aliphatic rings. The molecule has 1 amide bonds. The summed E-state index contributed by atoms with van der Waals surface area (Å²) in [5.74, 6) is -0.310. The summed E-state index contributed by atoms with van der Waals surface area (Å²) in [6.07, 6.45) is -0.0591. The number of hydrogen-bond donors (Lipinski definition) is 2. The zero-order valence-electron chi connectivity index (χ0n) is 8.92. The second kappa shape index (κ2) is 6.12. The van der Waals surface area contributed by atoms with Crippen LogP contribution < -0.4 is 5.32 Å². The first-order valence-electron chi connectivity index (χ1n) is 4.87. The number of halogens is 1. The molecule has 0 aliphatic carbocycles. The summed E-state index contributed by atoms with van der Waals surface area (Å²) in [7, 11) is 0. The van der Waals surface area contributed by atoms with Crippen LogP contribution in [0, 0.1) is 5.41 Å². The first kappa shape index (κ1) is 12.5. The van der Waals surface area contributed by atoms with Crippen LogP contribution in [0.15, 0.2) is 24.3 Å². The van der Waals surface area contributed by atoms with Crippen LogP contribution >= 0.6 is 11.6 Å². The lowest BCUT2D eigenvalue weighted by molar-refractivity contribution is -0.115. The Bertz CT molecular complexity index is 376. The van der Waals surface area contributed by atoms with Crippen molar-refractivity contribution < 1.29 is 9.53 Å². The van der Waals surface area contributed by atoms with Crippen LogP contribution in [0.25, 0.3) is 0 Å². The summed E-state index contributed by atoms with van der Waals surface area (Å²) in [4.78, 5) is 11.4. The van der Waals surface area contributed by atoms with Gasteiger partial charge in [-0.05, 0) is 31.2 Å². The van der Waals surface area contributed by atoms with Gasteiger partial charge in [0.1, 0.15) is 6.42 Å². The van der Waals surface area contributed by atoms with E-state index in [1.54, 1.807) is 31.2 Å². The Labute approximate surface area is 99.1 Å². The Morgan fingerprint density at radius 2 is 2.06 bits per heavy atom. The monoisotopic (exact) mass is 240 g/mol. The Hall–Kier alpha value is -1.55. The third kappa shape index (κ3) is 4.31. The molecule has 4 nitrogen and oxygen atoms in total. The van der Waals surface area contributed by atoms with Crippen molar-refractivity contribution in [3.05, 3.63) is 29.3 Å². The van der Waals surface area contributed by atoms with Crippen LogP contribution in [0.2, 0.25) is 5.02 Å².